The van der Waals surface area contributed by atoms with Crippen molar-refractivity contribution in [1.82, 2.24) is 10.2 Å². The van der Waals surface area contributed by atoms with Crippen LogP contribution in [0.4, 0.5) is 10.5 Å². The third-order valence-corrected chi connectivity index (χ3v) is 3.24. The number of amides is 1. The maximum Gasteiger partial charge on any atom is 0.411 e. The normalized spacial score (nSPS) is 10.4. The van der Waals surface area contributed by atoms with Gasteiger partial charge in [-0.1, -0.05) is 36.4 Å². The standard InChI is InChI=1S/C16H13N3O4/c20-15(21)14-13-11(7-4-8-12(13)18-19-14)17-16(22)23-9-10-5-2-1-3-6-10/h1-8H,9H2,(H,17,22)(H,18,19)(H,20,21). The van der Waals surface area contributed by atoms with E-state index in [0.717, 1.165) is 5.56 Å². The molecule has 1 amide bonds. The predicted molar refractivity (Wildman–Crippen MR) is 83.3 cm³/mol. The number of rotatable bonds is 4. The van der Waals surface area contributed by atoms with Crippen LogP contribution in [0, 0.1) is 0 Å². The van der Waals surface area contributed by atoms with Crippen LogP contribution in [0.5, 0.6) is 0 Å². The lowest BCUT2D eigenvalue weighted by Crippen LogP contribution is -2.14. The number of fused-ring (bicyclic) bond motifs is 1. The zero-order valence-electron chi connectivity index (χ0n) is 11.9. The molecule has 0 aliphatic rings. The first-order valence-electron chi connectivity index (χ1n) is 6.83. The molecule has 0 fully saturated rings. The Bertz CT molecular complexity index is 858. The molecule has 0 aliphatic heterocycles. The third-order valence-electron chi connectivity index (χ3n) is 3.24. The lowest BCUT2D eigenvalue weighted by Gasteiger charge is -2.08. The van der Waals surface area contributed by atoms with E-state index in [4.69, 9.17) is 9.84 Å². The van der Waals surface area contributed by atoms with Gasteiger partial charge in [0.15, 0.2) is 5.69 Å². The van der Waals surface area contributed by atoms with Crippen LogP contribution in [0.3, 0.4) is 0 Å². The number of benzene rings is 2. The molecule has 0 radical (unpaired) electrons. The van der Waals surface area contributed by atoms with Gasteiger partial charge in [0.05, 0.1) is 16.6 Å². The maximum atomic E-state index is 11.9. The first kappa shape index (κ1) is 14.6. The number of carboxylic acid groups (broad SMARTS) is 1. The Morgan fingerprint density at radius 2 is 1.91 bits per heavy atom. The summed E-state index contributed by atoms with van der Waals surface area (Å²) >= 11 is 0. The number of aromatic carboxylic acids is 1. The minimum absolute atomic E-state index is 0.125. The van der Waals surface area contributed by atoms with Gasteiger partial charge >= 0.3 is 12.1 Å². The van der Waals surface area contributed by atoms with E-state index in [0.29, 0.717) is 16.6 Å². The topological polar surface area (TPSA) is 104 Å². The molecule has 1 aromatic heterocycles. The number of H-pyrrole nitrogens is 1. The number of carbonyl (C=O) groups is 2. The first-order chi connectivity index (χ1) is 11.1. The quantitative estimate of drug-likeness (QED) is 0.687. The summed E-state index contributed by atoms with van der Waals surface area (Å²) in [6.45, 7) is 0.125. The number of carbonyl (C=O) groups excluding carboxylic acids is 1. The van der Waals surface area contributed by atoms with E-state index in [1.165, 1.54) is 0 Å². The van der Waals surface area contributed by atoms with Crippen molar-refractivity contribution in [2.75, 3.05) is 5.32 Å². The van der Waals surface area contributed by atoms with Crippen molar-refractivity contribution in [2.24, 2.45) is 0 Å². The van der Waals surface area contributed by atoms with Gasteiger partial charge in [0.2, 0.25) is 0 Å². The summed E-state index contributed by atoms with van der Waals surface area (Å²) in [5.41, 5.74) is 1.55. The van der Waals surface area contributed by atoms with E-state index >= 15 is 0 Å². The Hall–Kier alpha value is -3.35. The Balaban J connectivity index is 1.77. The summed E-state index contributed by atoms with van der Waals surface area (Å²) < 4.78 is 5.13. The highest BCUT2D eigenvalue weighted by molar-refractivity contribution is 6.09. The number of aromatic amines is 1. The molecule has 116 valence electrons. The lowest BCUT2D eigenvalue weighted by molar-refractivity contribution is 0.0692. The van der Waals surface area contributed by atoms with Gasteiger partial charge in [0.1, 0.15) is 6.61 Å². The van der Waals surface area contributed by atoms with E-state index in [-0.39, 0.29) is 12.3 Å². The number of anilines is 1. The van der Waals surface area contributed by atoms with Crippen LogP contribution in [0.1, 0.15) is 16.1 Å². The Labute approximate surface area is 130 Å². The molecule has 0 atom stereocenters. The number of nitrogens with one attached hydrogen (secondary N) is 2. The Morgan fingerprint density at radius 1 is 1.13 bits per heavy atom. The van der Waals surface area contributed by atoms with Crippen LogP contribution >= 0.6 is 0 Å². The molecule has 0 unspecified atom stereocenters. The van der Waals surface area contributed by atoms with Crippen LogP contribution in [0.15, 0.2) is 48.5 Å². The van der Waals surface area contributed by atoms with Crippen molar-refractivity contribution >= 4 is 28.7 Å². The second kappa shape index (κ2) is 6.18. The average molecular weight is 311 g/mol. The van der Waals surface area contributed by atoms with Gasteiger partial charge in [-0.2, -0.15) is 5.10 Å². The van der Waals surface area contributed by atoms with Crippen molar-refractivity contribution in [3.63, 3.8) is 0 Å². The Morgan fingerprint density at radius 3 is 2.65 bits per heavy atom. The molecular formula is C16H13N3O4. The van der Waals surface area contributed by atoms with Crippen LogP contribution < -0.4 is 5.32 Å². The SMILES string of the molecule is O=C(Nc1cccc2[nH]nc(C(=O)O)c12)OCc1ccccc1. The average Bonchev–Trinajstić information content (AvgIpc) is 2.99. The summed E-state index contributed by atoms with van der Waals surface area (Å²) in [4.78, 5) is 23.1. The lowest BCUT2D eigenvalue weighted by atomic mass is 10.1. The summed E-state index contributed by atoms with van der Waals surface area (Å²) in [6.07, 6.45) is -0.668. The fourth-order valence-corrected chi connectivity index (χ4v) is 2.20. The van der Waals surface area contributed by atoms with Crippen molar-refractivity contribution in [2.45, 2.75) is 6.61 Å². The second-order valence-corrected chi connectivity index (χ2v) is 4.79. The van der Waals surface area contributed by atoms with E-state index in [9.17, 15) is 9.59 Å². The van der Waals surface area contributed by atoms with Gasteiger partial charge in [-0.25, -0.2) is 9.59 Å². The van der Waals surface area contributed by atoms with Gasteiger partial charge in [-0.3, -0.25) is 10.4 Å². The first-order valence-corrected chi connectivity index (χ1v) is 6.83. The zero-order valence-corrected chi connectivity index (χ0v) is 11.9. The molecule has 7 heteroatoms. The fourth-order valence-electron chi connectivity index (χ4n) is 2.20. The molecular weight excluding hydrogens is 298 g/mol. The molecule has 3 aromatic rings. The number of carboxylic acids is 1. The van der Waals surface area contributed by atoms with Gasteiger partial charge in [-0.15, -0.1) is 0 Å². The summed E-state index contributed by atoms with van der Waals surface area (Å²) in [5, 5.41) is 18.4. The van der Waals surface area contributed by atoms with E-state index in [1.807, 2.05) is 30.3 Å². The third kappa shape index (κ3) is 3.13. The number of hydrogen-bond acceptors (Lipinski definition) is 4. The summed E-state index contributed by atoms with van der Waals surface area (Å²) in [7, 11) is 0. The summed E-state index contributed by atoms with van der Waals surface area (Å²) in [5.74, 6) is -1.18. The molecule has 0 spiro atoms. The minimum atomic E-state index is -1.18. The molecule has 23 heavy (non-hydrogen) atoms. The van der Waals surface area contributed by atoms with Gasteiger partial charge in [0.25, 0.3) is 0 Å². The highest BCUT2D eigenvalue weighted by Crippen LogP contribution is 2.25. The van der Waals surface area contributed by atoms with Crippen LogP contribution in [-0.4, -0.2) is 27.4 Å². The fraction of sp³-hybridized carbons (Fsp3) is 0.0625. The van der Waals surface area contributed by atoms with E-state index in [2.05, 4.69) is 15.5 Å². The molecule has 1 heterocycles. The van der Waals surface area contributed by atoms with E-state index < -0.39 is 12.1 Å². The van der Waals surface area contributed by atoms with Gasteiger partial charge in [-0.05, 0) is 17.7 Å². The summed E-state index contributed by atoms with van der Waals surface area (Å²) in [6, 6.07) is 14.2. The molecule has 0 saturated carbocycles. The highest BCUT2D eigenvalue weighted by Gasteiger charge is 2.17. The largest absolute Gasteiger partial charge is 0.476 e. The smallest absolute Gasteiger partial charge is 0.411 e. The molecule has 7 nitrogen and oxygen atoms in total. The molecule has 0 saturated heterocycles. The van der Waals surface area contributed by atoms with Crippen LogP contribution in [0.2, 0.25) is 0 Å². The van der Waals surface area contributed by atoms with Crippen molar-refractivity contribution < 1.29 is 19.4 Å². The Kier molecular flexibility index (Phi) is 3.92. The highest BCUT2D eigenvalue weighted by atomic mass is 16.5. The van der Waals surface area contributed by atoms with E-state index in [1.54, 1.807) is 18.2 Å². The van der Waals surface area contributed by atoms with Gasteiger partial charge in [0, 0.05) is 0 Å². The molecule has 3 N–H and O–H groups in total. The molecule has 0 bridgehead atoms. The minimum Gasteiger partial charge on any atom is -0.476 e. The zero-order chi connectivity index (χ0) is 16.2. The maximum absolute atomic E-state index is 11.9. The number of ether oxygens (including phenoxy) is 1. The molecule has 2 aromatic carbocycles. The second-order valence-electron chi connectivity index (χ2n) is 4.79. The number of hydrogen-bond donors (Lipinski definition) is 3. The molecule has 0 aliphatic carbocycles. The predicted octanol–water partition coefficient (Wildman–Crippen LogP) is 3.01. The monoisotopic (exact) mass is 311 g/mol. The van der Waals surface area contributed by atoms with Crippen molar-refractivity contribution in [1.29, 1.82) is 0 Å². The van der Waals surface area contributed by atoms with Crippen molar-refractivity contribution in [3.05, 3.63) is 59.8 Å². The number of aromatic nitrogens is 2. The van der Waals surface area contributed by atoms with Crippen LogP contribution in [0.25, 0.3) is 10.9 Å². The van der Waals surface area contributed by atoms with Gasteiger partial charge < -0.3 is 9.84 Å². The van der Waals surface area contributed by atoms with Crippen LogP contribution in [-0.2, 0) is 11.3 Å². The van der Waals surface area contributed by atoms with Crippen molar-refractivity contribution in [3.8, 4) is 0 Å². The number of nitrogens with zero attached hydrogens (tertiary/aromatic N) is 1. The molecule has 3 rings (SSSR count).